The van der Waals surface area contributed by atoms with E-state index in [1.54, 1.807) is 60.7 Å². The van der Waals surface area contributed by atoms with E-state index in [1.807, 2.05) is 0 Å². The van der Waals surface area contributed by atoms with E-state index in [4.69, 9.17) is 9.47 Å². The molecule has 0 aliphatic carbocycles. The van der Waals surface area contributed by atoms with Gasteiger partial charge in [-0.1, -0.05) is 36.4 Å². The number of hydrogen-bond donors (Lipinski definition) is 0. The number of ether oxygens (including phenoxy) is 2. The lowest BCUT2D eigenvalue weighted by Crippen LogP contribution is -2.26. The molecule has 0 saturated carbocycles. The van der Waals surface area contributed by atoms with Crippen LogP contribution in [0.15, 0.2) is 83.2 Å². The zero-order chi connectivity index (χ0) is 16.9. The number of allylic oxidation sites excluding steroid dienone is 4. The molecule has 0 spiro atoms. The van der Waals surface area contributed by atoms with Gasteiger partial charge in [-0.2, -0.15) is 0 Å². The maximum atomic E-state index is 10.8. The fourth-order valence-corrected chi connectivity index (χ4v) is 2.50. The van der Waals surface area contributed by atoms with Crippen molar-refractivity contribution in [1.29, 1.82) is 0 Å². The van der Waals surface area contributed by atoms with Crippen LogP contribution in [0, 0.1) is 0 Å². The SMILES string of the molecule is O=C=NC1(c2ccc(C3(N=C=O)C=CC=CO3)cc2)C=CC=CO1. The summed E-state index contributed by atoms with van der Waals surface area (Å²) in [5, 5.41) is 0. The number of hydrogen-bond acceptors (Lipinski definition) is 6. The van der Waals surface area contributed by atoms with Crippen molar-refractivity contribution in [3.8, 4) is 0 Å². The Morgan fingerprint density at radius 2 is 1.12 bits per heavy atom. The van der Waals surface area contributed by atoms with Gasteiger partial charge in [-0.25, -0.2) is 9.59 Å². The summed E-state index contributed by atoms with van der Waals surface area (Å²) in [6.07, 6.45) is 16.1. The number of aliphatic imine (C=N–C) groups is 2. The number of nitrogens with zero attached hydrogens (tertiary/aromatic N) is 2. The fourth-order valence-electron chi connectivity index (χ4n) is 2.50. The topological polar surface area (TPSA) is 77.3 Å². The van der Waals surface area contributed by atoms with Gasteiger partial charge in [-0.15, -0.1) is 9.98 Å². The van der Waals surface area contributed by atoms with Crippen LogP contribution < -0.4 is 0 Å². The Kier molecular flexibility index (Phi) is 4.08. The van der Waals surface area contributed by atoms with E-state index in [-0.39, 0.29) is 0 Å². The summed E-state index contributed by atoms with van der Waals surface area (Å²) in [4.78, 5) is 29.1. The molecule has 2 atom stereocenters. The Bertz CT molecular complexity index is 769. The van der Waals surface area contributed by atoms with Crippen molar-refractivity contribution in [2.45, 2.75) is 11.4 Å². The third-order valence-corrected chi connectivity index (χ3v) is 3.65. The molecule has 2 heterocycles. The summed E-state index contributed by atoms with van der Waals surface area (Å²) in [7, 11) is 0. The van der Waals surface area contributed by atoms with E-state index in [9.17, 15) is 9.59 Å². The normalized spacial score (nSPS) is 26.7. The lowest BCUT2D eigenvalue weighted by Gasteiger charge is -2.29. The predicted molar refractivity (Wildman–Crippen MR) is 84.8 cm³/mol. The minimum absolute atomic E-state index is 0.621. The lowest BCUT2D eigenvalue weighted by molar-refractivity contribution is 0.0680. The van der Waals surface area contributed by atoms with Gasteiger partial charge >= 0.3 is 0 Å². The van der Waals surface area contributed by atoms with Crippen LogP contribution in [0.1, 0.15) is 11.1 Å². The monoisotopic (exact) mass is 320 g/mol. The first kappa shape index (κ1) is 15.4. The Balaban J connectivity index is 2.01. The highest BCUT2D eigenvalue weighted by Crippen LogP contribution is 2.35. The van der Waals surface area contributed by atoms with Crippen LogP contribution in [0.25, 0.3) is 0 Å². The van der Waals surface area contributed by atoms with Crippen LogP contribution in [0.4, 0.5) is 0 Å². The summed E-state index contributed by atoms with van der Waals surface area (Å²) in [6.45, 7) is 0. The van der Waals surface area contributed by atoms with Crippen LogP contribution in [0.5, 0.6) is 0 Å². The molecule has 2 unspecified atom stereocenters. The molecule has 1 aromatic carbocycles. The van der Waals surface area contributed by atoms with Crippen LogP contribution in [-0.4, -0.2) is 12.2 Å². The molecule has 0 radical (unpaired) electrons. The van der Waals surface area contributed by atoms with Gasteiger partial charge < -0.3 is 9.47 Å². The molecule has 2 aliphatic heterocycles. The van der Waals surface area contributed by atoms with Crippen molar-refractivity contribution in [3.05, 3.63) is 84.4 Å². The molecule has 24 heavy (non-hydrogen) atoms. The molecule has 6 nitrogen and oxygen atoms in total. The van der Waals surface area contributed by atoms with E-state index in [1.165, 1.54) is 24.7 Å². The van der Waals surface area contributed by atoms with Gasteiger partial charge in [0.1, 0.15) is 0 Å². The average molecular weight is 320 g/mol. The summed E-state index contributed by atoms with van der Waals surface area (Å²) in [5.41, 5.74) is -1.26. The van der Waals surface area contributed by atoms with Gasteiger partial charge in [0.05, 0.1) is 12.5 Å². The van der Waals surface area contributed by atoms with Crippen molar-refractivity contribution < 1.29 is 19.1 Å². The average Bonchev–Trinajstić information content (AvgIpc) is 2.64. The number of benzene rings is 1. The summed E-state index contributed by atoms with van der Waals surface area (Å²) in [5.74, 6) is 0. The molecule has 0 fully saturated rings. The predicted octanol–water partition coefficient (Wildman–Crippen LogP) is 2.86. The third kappa shape index (κ3) is 2.63. The number of carbonyl (C=O) groups excluding carboxylic acids is 2. The van der Waals surface area contributed by atoms with Crippen LogP contribution in [-0.2, 0) is 30.5 Å². The van der Waals surface area contributed by atoms with E-state index < -0.39 is 11.4 Å². The standard InChI is InChI=1S/C18H12N2O4/c21-13-19-17(9-1-3-11-23-17)15-5-7-16(8-6-15)18(20-14-22)10-2-4-12-24-18/h1-12H. The largest absolute Gasteiger partial charge is 0.465 e. The van der Waals surface area contributed by atoms with Gasteiger partial charge in [0.15, 0.2) is 0 Å². The first-order chi connectivity index (χ1) is 11.7. The fraction of sp³-hybridized carbons (Fsp3) is 0.111. The Morgan fingerprint density at radius 3 is 1.42 bits per heavy atom. The summed E-state index contributed by atoms with van der Waals surface area (Å²) >= 11 is 0. The molecular formula is C18H12N2O4. The van der Waals surface area contributed by atoms with E-state index in [2.05, 4.69) is 9.98 Å². The molecule has 2 aliphatic rings. The molecule has 0 N–H and O–H groups in total. The van der Waals surface area contributed by atoms with Crippen LogP contribution in [0.2, 0.25) is 0 Å². The highest BCUT2D eigenvalue weighted by molar-refractivity contribution is 5.44. The van der Waals surface area contributed by atoms with Gasteiger partial charge in [0.25, 0.3) is 11.4 Å². The zero-order valence-electron chi connectivity index (χ0n) is 12.5. The maximum Gasteiger partial charge on any atom is 0.256 e. The van der Waals surface area contributed by atoms with Gasteiger partial charge in [-0.05, 0) is 24.3 Å². The molecule has 0 saturated heterocycles. The summed E-state index contributed by atoms with van der Waals surface area (Å²) < 4.78 is 11.0. The molecule has 6 heteroatoms. The second kappa shape index (κ2) is 6.34. The number of rotatable bonds is 4. The van der Waals surface area contributed by atoms with E-state index in [0.29, 0.717) is 11.1 Å². The van der Waals surface area contributed by atoms with Gasteiger partial charge in [0, 0.05) is 11.1 Å². The smallest absolute Gasteiger partial charge is 0.256 e. The lowest BCUT2D eigenvalue weighted by atomic mass is 9.95. The third-order valence-electron chi connectivity index (χ3n) is 3.65. The van der Waals surface area contributed by atoms with Crippen LogP contribution >= 0.6 is 0 Å². The molecule has 0 amide bonds. The van der Waals surface area contributed by atoms with Crippen molar-refractivity contribution in [2.24, 2.45) is 9.98 Å². The highest BCUT2D eigenvalue weighted by Gasteiger charge is 2.35. The summed E-state index contributed by atoms with van der Waals surface area (Å²) in [6, 6.07) is 6.88. The molecule has 0 aromatic heterocycles. The molecule has 0 bridgehead atoms. The van der Waals surface area contributed by atoms with Crippen molar-refractivity contribution >= 4 is 12.2 Å². The van der Waals surface area contributed by atoms with Crippen LogP contribution in [0.3, 0.4) is 0 Å². The first-order valence-corrected chi connectivity index (χ1v) is 7.08. The van der Waals surface area contributed by atoms with Crippen molar-refractivity contribution in [3.63, 3.8) is 0 Å². The quantitative estimate of drug-likeness (QED) is 0.631. The van der Waals surface area contributed by atoms with Crippen molar-refractivity contribution in [1.82, 2.24) is 0 Å². The van der Waals surface area contributed by atoms with Crippen molar-refractivity contribution in [2.75, 3.05) is 0 Å². The highest BCUT2D eigenvalue weighted by atomic mass is 16.5. The van der Waals surface area contributed by atoms with E-state index in [0.717, 1.165) is 0 Å². The minimum atomic E-state index is -1.25. The first-order valence-electron chi connectivity index (χ1n) is 7.08. The number of isocyanates is 2. The second-order valence-electron chi connectivity index (χ2n) is 4.99. The zero-order valence-corrected chi connectivity index (χ0v) is 12.5. The van der Waals surface area contributed by atoms with Gasteiger partial charge in [-0.3, -0.25) is 0 Å². The Hall–Kier alpha value is -3.46. The Morgan fingerprint density at radius 1 is 0.708 bits per heavy atom. The van der Waals surface area contributed by atoms with Gasteiger partial charge in [0.2, 0.25) is 12.2 Å². The molecule has 1 aromatic rings. The molecular weight excluding hydrogens is 308 g/mol. The molecule has 118 valence electrons. The Labute approximate surface area is 137 Å². The molecule has 3 rings (SSSR count). The second-order valence-corrected chi connectivity index (χ2v) is 4.99. The minimum Gasteiger partial charge on any atom is -0.465 e. The maximum absolute atomic E-state index is 10.8. The van der Waals surface area contributed by atoms with E-state index >= 15 is 0 Å².